The number of hydrogen-bond donors (Lipinski definition) is 2. The molecule has 1 fully saturated rings. The average Bonchev–Trinajstić information content (AvgIpc) is 2.06. The van der Waals surface area contributed by atoms with E-state index in [4.69, 9.17) is 0 Å². The van der Waals surface area contributed by atoms with Gasteiger partial charge in [-0.05, 0) is 6.42 Å². The van der Waals surface area contributed by atoms with Crippen molar-refractivity contribution in [2.24, 2.45) is 0 Å². The van der Waals surface area contributed by atoms with Gasteiger partial charge < -0.3 is 8.17 Å². The molecular weight excluding hydrogens is 194 g/mol. The van der Waals surface area contributed by atoms with Crippen LogP contribution in [0.1, 0.15) is 22.6 Å². The number of hydrazine groups is 1. The second-order valence-electron chi connectivity index (χ2n) is 3.02. The zero-order valence-electron chi connectivity index (χ0n) is 10.3. The number of nitrogens with one attached hydrogen (secondary N) is 2. The van der Waals surface area contributed by atoms with Crippen molar-refractivity contribution in [3.63, 3.8) is 0 Å². The minimum atomic E-state index is 0. The summed E-state index contributed by atoms with van der Waals surface area (Å²) in [6.07, 6.45) is 1.54. The number of hydrogen-bond acceptors (Lipinski definition) is 3. The molecule has 0 aliphatic carbocycles. The zero-order chi connectivity index (χ0) is 8.81. The standard InChI is InChI=1S/C8H17N3O.Ca.2H/c1-2-3-8(12)10-11-6-4-9-5-7-11;;;/h9H,2-7H2,1H3,(H,10,12);;;/q;+2;2*-1. The molecule has 13 heavy (non-hydrogen) atoms. The first-order valence-electron chi connectivity index (χ1n) is 4.58. The first-order valence-corrected chi connectivity index (χ1v) is 4.58. The molecule has 1 saturated heterocycles. The molecule has 1 heterocycles. The monoisotopic (exact) mass is 213 g/mol. The molecule has 4 nitrogen and oxygen atoms in total. The Morgan fingerprint density at radius 1 is 1.54 bits per heavy atom. The van der Waals surface area contributed by atoms with E-state index >= 15 is 0 Å². The summed E-state index contributed by atoms with van der Waals surface area (Å²) in [5.41, 5.74) is 2.87. The Balaban J connectivity index is -0.000000480. The topological polar surface area (TPSA) is 44.4 Å². The second kappa shape index (κ2) is 8.00. The van der Waals surface area contributed by atoms with Gasteiger partial charge in [-0.1, -0.05) is 6.92 Å². The van der Waals surface area contributed by atoms with Crippen molar-refractivity contribution < 1.29 is 7.65 Å². The van der Waals surface area contributed by atoms with E-state index in [-0.39, 0.29) is 46.5 Å². The maximum atomic E-state index is 11.1. The number of carbonyl (C=O) groups is 1. The van der Waals surface area contributed by atoms with Crippen LogP contribution in [-0.4, -0.2) is 74.8 Å². The Labute approximate surface area is 112 Å². The van der Waals surface area contributed by atoms with Gasteiger partial charge in [0.25, 0.3) is 0 Å². The van der Waals surface area contributed by atoms with Gasteiger partial charge in [0.05, 0.1) is 0 Å². The van der Waals surface area contributed by atoms with Crippen LogP contribution >= 0.6 is 0 Å². The Morgan fingerprint density at radius 2 is 2.15 bits per heavy atom. The quantitative estimate of drug-likeness (QED) is 0.625. The smallest absolute Gasteiger partial charge is 1.00 e. The first kappa shape index (κ1) is 13.6. The molecule has 0 spiro atoms. The van der Waals surface area contributed by atoms with E-state index in [0.29, 0.717) is 6.42 Å². The van der Waals surface area contributed by atoms with Gasteiger partial charge in [0.1, 0.15) is 0 Å². The predicted octanol–water partition coefficient (Wildman–Crippen LogP) is -0.433. The van der Waals surface area contributed by atoms with Gasteiger partial charge in [0.15, 0.2) is 0 Å². The number of rotatable bonds is 3. The van der Waals surface area contributed by atoms with Crippen LogP contribution in [0.15, 0.2) is 0 Å². The third kappa shape index (κ3) is 5.86. The summed E-state index contributed by atoms with van der Waals surface area (Å²) < 4.78 is 0. The van der Waals surface area contributed by atoms with Crippen LogP contribution in [0.25, 0.3) is 0 Å². The maximum absolute atomic E-state index is 11.1. The number of nitrogens with zero attached hydrogens (tertiary/aromatic N) is 1. The third-order valence-electron chi connectivity index (χ3n) is 1.88. The Hall–Kier alpha value is 0.650. The summed E-state index contributed by atoms with van der Waals surface area (Å²) in [6, 6.07) is 0. The van der Waals surface area contributed by atoms with Crippen LogP contribution in [0, 0.1) is 0 Å². The van der Waals surface area contributed by atoms with Crippen molar-refractivity contribution in [1.82, 2.24) is 15.8 Å². The molecule has 1 rings (SSSR count). The summed E-state index contributed by atoms with van der Waals surface area (Å²) in [5, 5.41) is 5.21. The molecule has 0 aromatic heterocycles. The number of amides is 1. The van der Waals surface area contributed by atoms with E-state index in [1.807, 2.05) is 11.9 Å². The number of piperazine rings is 1. The van der Waals surface area contributed by atoms with Crippen molar-refractivity contribution >= 4 is 43.6 Å². The van der Waals surface area contributed by atoms with Gasteiger partial charge in [-0.15, -0.1) is 0 Å². The molecule has 0 unspecified atom stereocenters. The van der Waals surface area contributed by atoms with Gasteiger partial charge in [-0.25, -0.2) is 5.01 Å². The summed E-state index contributed by atoms with van der Waals surface area (Å²) in [7, 11) is 0. The molecule has 5 heteroatoms. The zero-order valence-corrected chi connectivity index (χ0v) is 10.5. The minimum Gasteiger partial charge on any atom is -1.00 e. The van der Waals surface area contributed by atoms with Gasteiger partial charge >= 0.3 is 37.7 Å². The van der Waals surface area contributed by atoms with E-state index in [1.54, 1.807) is 0 Å². The molecule has 1 amide bonds. The van der Waals surface area contributed by atoms with Gasteiger partial charge in [-0.3, -0.25) is 10.2 Å². The molecular formula is C8H19CaN3O. The van der Waals surface area contributed by atoms with E-state index in [0.717, 1.165) is 32.6 Å². The van der Waals surface area contributed by atoms with Gasteiger partial charge in [0, 0.05) is 32.6 Å². The van der Waals surface area contributed by atoms with Crippen molar-refractivity contribution in [2.75, 3.05) is 26.2 Å². The van der Waals surface area contributed by atoms with E-state index in [2.05, 4.69) is 10.7 Å². The summed E-state index contributed by atoms with van der Waals surface area (Å²) in [5.74, 6) is 0.138. The largest absolute Gasteiger partial charge is 2.00 e. The minimum absolute atomic E-state index is 0. The molecule has 1 aliphatic rings. The Bertz CT molecular complexity index is 157. The van der Waals surface area contributed by atoms with E-state index < -0.39 is 0 Å². The van der Waals surface area contributed by atoms with Crippen LogP contribution in [0.3, 0.4) is 0 Å². The van der Waals surface area contributed by atoms with Gasteiger partial charge in [0.2, 0.25) is 5.91 Å². The summed E-state index contributed by atoms with van der Waals surface area (Å²) >= 11 is 0. The molecule has 0 atom stereocenters. The van der Waals surface area contributed by atoms with Crippen LogP contribution in [-0.2, 0) is 4.79 Å². The van der Waals surface area contributed by atoms with Crippen molar-refractivity contribution in [2.45, 2.75) is 19.8 Å². The Morgan fingerprint density at radius 3 is 2.69 bits per heavy atom. The Kier molecular flexibility index (Phi) is 8.40. The average molecular weight is 213 g/mol. The van der Waals surface area contributed by atoms with Crippen molar-refractivity contribution in [3.05, 3.63) is 0 Å². The summed E-state index contributed by atoms with van der Waals surface area (Å²) in [4.78, 5) is 11.1. The van der Waals surface area contributed by atoms with Crippen LogP contribution < -0.4 is 10.7 Å². The van der Waals surface area contributed by atoms with Crippen LogP contribution in [0.4, 0.5) is 0 Å². The molecule has 1 aliphatic heterocycles. The SMILES string of the molecule is CCCC(=O)NN1CCNCC1.[Ca+2].[H-].[H-]. The fourth-order valence-electron chi connectivity index (χ4n) is 1.24. The fourth-order valence-corrected chi connectivity index (χ4v) is 1.24. The summed E-state index contributed by atoms with van der Waals surface area (Å²) in [6.45, 7) is 5.76. The van der Waals surface area contributed by atoms with E-state index in [9.17, 15) is 4.79 Å². The fraction of sp³-hybridized carbons (Fsp3) is 0.875. The molecule has 74 valence electrons. The number of carbonyl (C=O) groups excluding carboxylic acids is 1. The molecule has 0 aromatic carbocycles. The molecule has 0 radical (unpaired) electrons. The molecule has 0 bridgehead atoms. The van der Waals surface area contributed by atoms with E-state index in [1.165, 1.54) is 0 Å². The van der Waals surface area contributed by atoms with Crippen molar-refractivity contribution in [1.29, 1.82) is 0 Å². The second-order valence-corrected chi connectivity index (χ2v) is 3.02. The third-order valence-corrected chi connectivity index (χ3v) is 1.88. The van der Waals surface area contributed by atoms with Crippen LogP contribution in [0.5, 0.6) is 0 Å². The molecule has 2 N–H and O–H groups in total. The maximum Gasteiger partial charge on any atom is 2.00 e. The first-order chi connectivity index (χ1) is 5.83. The normalized spacial score (nSPS) is 17.6. The van der Waals surface area contributed by atoms with Gasteiger partial charge in [-0.2, -0.15) is 0 Å². The molecule has 0 aromatic rings. The van der Waals surface area contributed by atoms with Crippen molar-refractivity contribution in [3.8, 4) is 0 Å². The molecule has 0 saturated carbocycles. The predicted molar refractivity (Wildman–Crippen MR) is 55.5 cm³/mol. The van der Waals surface area contributed by atoms with Crippen LogP contribution in [0.2, 0.25) is 0 Å².